The number of nitriles is 1. The Labute approximate surface area is 256 Å². The quantitative estimate of drug-likeness (QED) is 0.203. The second-order valence-corrected chi connectivity index (χ2v) is 13.3. The zero-order valence-corrected chi connectivity index (χ0v) is 25.5. The number of benzene rings is 2. The van der Waals surface area contributed by atoms with Crippen LogP contribution in [-0.2, 0) is 14.8 Å². The molecular weight excluding hydrogens is 576 g/mol. The Balaban J connectivity index is 1.52. The average molecular weight is 609 g/mol. The molecule has 0 spiro atoms. The standard InChI is InChI=1S/C34H32N4O5S/c1-34(2,3)43-32-20-24(11-15-36-32)30-21-29-28(12-16-37-33(29)38(30)44(39,40)27-7-5-4-6-8-27)23-9-10-31(25(19-23)22-35)42-26-13-17-41-18-14-26/h4-12,15-16,19-21,26H,13-14,17-18H2,1-3H3. The third-order valence-electron chi connectivity index (χ3n) is 7.26. The molecule has 0 radical (unpaired) electrons. The lowest BCUT2D eigenvalue weighted by atomic mass is 10.0. The van der Waals surface area contributed by atoms with Gasteiger partial charge >= 0.3 is 0 Å². The largest absolute Gasteiger partial charge is 0.489 e. The van der Waals surface area contributed by atoms with E-state index in [9.17, 15) is 13.7 Å². The fraction of sp³-hybridized carbons (Fsp3) is 0.265. The Morgan fingerprint density at radius 3 is 2.41 bits per heavy atom. The number of aromatic nitrogens is 3. The molecule has 0 aliphatic carbocycles. The van der Waals surface area contributed by atoms with Crippen LogP contribution in [0, 0.1) is 11.3 Å². The first-order chi connectivity index (χ1) is 21.1. The first-order valence-electron chi connectivity index (χ1n) is 14.4. The molecular formula is C34H32N4O5S. The average Bonchev–Trinajstić information content (AvgIpc) is 3.42. The summed E-state index contributed by atoms with van der Waals surface area (Å²) in [5.74, 6) is 0.886. The summed E-state index contributed by atoms with van der Waals surface area (Å²) < 4.78 is 47.3. The summed E-state index contributed by atoms with van der Waals surface area (Å²) in [5, 5.41) is 10.6. The Hall–Kier alpha value is -4.72. The summed E-state index contributed by atoms with van der Waals surface area (Å²) in [6.45, 7) is 7.02. The highest BCUT2D eigenvalue weighted by molar-refractivity contribution is 7.90. The Morgan fingerprint density at radius 2 is 1.68 bits per heavy atom. The van der Waals surface area contributed by atoms with E-state index in [1.807, 2.05) is 39.0 Å². The summed E-state index contributed by atoms with van der Waals surface area (Å²) in [5.41, 5.74) is 2.63. The van der Waals surface area contributed by atoms with Crippen molar-refractivity contribution in [3.63, 3.8) is 0 Å². The molecule has 1 aliphatic heterocycles. The van der Waals surface area contributed by atoms with Crippen molar-refractivity contribution in [2.45, 2.75) is 50.2 Å². The number of ether oxygens (including phenoxy) is 3. The van der Waals surface area contributed by atoms with Gasteiger partial charge in [-0.1, -0.05) is 24.3 Å². The lowest BCUT2D eigenvalue weighted by Gasteiger charge is -2.23. The van der Waals surface area contributed by atoms with Crippen molar-refractivity contribution >= 4 is 21.1 Å². The first-order valence-corrected chi connectivity index (χ1v) is 15.8. The van der Waals surface area contributed by atoms with Gasteiger partial charge in [-0.25, -0.2) is 22.4 Å². The number of hydrogen-bond donors (Lipinski definition) is 0. The maximum absolute atomic E-state index is 14.2. The van der Waals surface area contributed by atoms with Crippen LogP contribution in [0.15, 0.2) is 90.1 Å². The summed E-state index contributed by atoms with van der Waals surface area (Å²) in [6.07, 6.45) is 4.69. The number of hydrogen-bond acceptors (Lipinski definition) is 8. The van der Waals surface area contributed by atoms with Gasteiger partial charge in [0, 0.05) is 42.3 Å². The van der Waals surface area contributed by atoms with Crippen LogP contribution < -0.4 is 9.47 Å². The zero-order chi connectivity index (χ0) is 30.9. The third-order valence-corrected chi connectivity index (χ3v) is 8.98. The minimum absolute atomic E-state index is 0.0124. The predicted molar refractivity (Wildman–Crippen MR) is 167 cm³/mol. The van der Waals surface area contributed by atoms with E-state index in [2.05, 4.69) is 16.0 Å². The molecule has 0 atom stereocenters. The zero-order valence-electron chi connectivity index (χ0n) is 24.7. The van der Waals surface area contributed by atoms with E-state index in [0.717, 1.165) is 24.0 Å². The van der Waals surface area contributed by atoms with E-state index in [4.69, 9.17) is 14.2 Å². The molecule has 9 nitrogen and oxygen atoms in total. The molecule has 1 saturated heterocycles. The van der Waals surface area contributed by atoms with Crippen molar-refractivity contribution in [3.8, 4) is 40.1 Å². The molecule has 3 aromatic heterocycles. The van der Waals surface area contributed by atoms with Crippen LogP contribution in [-0.4, -0.2) is 47.3 Å². The van der Waals surface area contributed by atoms with Crippen LogP contribution in [0.3, 0.4) is 0 Å². The number of pyridine rings is 2. The van der Waals surface area contributed by atoms with E-state index in [1.165, 1.54) is 3.97 Å². The lowest BCUT2D eigenvalue weighted by Crippen LogP contribution is -2.26. The molecule has 44 heavy (non-hydrogen) atoms. The Morgan fingerprint density at radius 1 is 0.932 bits per heavy atom. The lowest BCUT2D eigenvalue weighted by molar-refractivity contribution is 0.0254. The maximum atomic E-state index is 14.2. The minimum Gasteiger partial charge on any atom is -0.489 e. The van der Waals surface area contributed by atoms with E-state index in [0.29, 0.717) is 47.1 Å². The van der Waals surface area contributed by atoms with Gasteiger partial charge in [-0.05, 0) is 74.4 Å². The van der Waals surface area contributed by atoms with Crippen molar-refractivity contribution in [1.29, 1.82) is 5.26 Å². The van der Waals surface area contributed by atoms with Crippen molar-refractivity contribution in [1.82, 2.24) is 13.9 Å². The molecule has 0 unspecified atom stereocenters. The summed E-state index contributed by atoms with van der Waals surface area (Å²) >= 11 is 0. The molecule has 0 bridgehead atoms. The molecule has 1 fully saturated rings. The van der Waals surface area contributed by atoms with Crippen LogP contribution >= 0.6 is 0 Å². The van der Waals surface area contributed by atoms with Gasteiger partial charge in [-0.3, -0.25) is 0 Å². The SMILES string of the molecule is CC(C)(C)Oc1cc(-c2cc3c(-c4ccc(OC5CCOCC5)c(C#N)c4)ccnc3n2S(=O)(=O)c2ccccc2)ccn1. The molecule has 6 rings (SSSR count). The van der Waals surface area contributed by atoms with Crippen LogP contribution in [0.1, 0.15) is 39.2 Å². The van der Waals surface area contributed by atoms with Gasteiger partial charge in [0.15, 0.2) is 5.65 Å². The molecule has 0 saturated carbocycles. The van der Waals surface area contributed by atoms with Crippen LogP contribution in [0.4, 0.5) is 0 Å². The van der Waals surface area contributed by atoms with Gasteiger partial charge in [0.05, 0.1) is 29.4 Å². The molecule has 0 amide bonds. The third kappa shape index (κ3) is 5.89. The summed E-state index contributed by atoms with van der Waals surface area (Å²) in [7, 11) is -4.07. The first kappa shape index (κ1) is 29.4. The fourth-order valence-corrected chi connectivity index (χ4v) is 6.77. The van der Waals surface area contributed by atoms with Crippen LogP contribution in [0.25, 0.3) is 33.4 Å². The topological polar surface area (TPSA) is 116 Å². The summed E-state index contributed by atoms with van der Waals surface area (Å²) in [6, 6.07) is 23.1. The monoisotopic (exact) mass is 608 g/mol. The van der Waals surface area contributed by atoms with Crippen LogP contribution in [0.2, 0.25) is 0 Å². The minimum atomic E-state index is -4.07. The number of rotatable bonds is 7. The predicted octanol–water partition coefficient (Wildman–Crippen LogP) is 6.61. The van der Waals surface area contributed by atoms with Gasteiger partial charge in [-0.2, -0.15) is 5.26 Å². The van der Waals surface area contributed by atoms with Gasteiger partial charge in [0.2, 0.25) is 5.88 Å². The Bertz CT molecular complexity index is 1970. The van der Waals surface area contributed by atoms with Gasteiger partial charge in [0.25, 0.3) is 10.0 Å². The van der Waals surface area contributed by atoms with E-state index >= 15 is 0 Å². The fourth-order valence-electron chi connectivity index (χ4n) is 5.27. The number of fused-ring (bicyclic) bond motifs is 1. The van der Waals surface area contributed by atoms with Crippen molar-refractivity contribution < 1.29 is 22.6 Å². The highest BCUT2D eigenvalue weighted by Gasteiger charge is 2.27. The summed E-state index contributed by atoms with van der Waals surface area (Å²) in [4.78, 5) is 9.03. The van der Waals surface area contributed by atoms with E-state index < -0.39 is 15.6 Å². The van der Waals surface area contributed by atoms with E-state index in [-0.39, 0.29) is 16.6 Å². The Kier molecular flexibility index (Phi) is 7.84. The van der Waals surface area contributed by atoms with Gasteiger partial charge in [-0.15, -0.1) is 0 Å². The maximum Gasteiger partial charge on any atom is 0.269 e. The molecule has 5 aromatic rings. The van der Waals surface area contributed by atoms with Gasteiger partial charge in [0.1, 0.15) is 23.5 Å². The second-order valence-electron chi connectivity index (χ2n) is 11.6. The van der Waals surface area contributed by atoms with Crippen molar-refractivity contribution in [2.75, 3.05) is 13.2 Å². The second kappa shape index (κ2) is 11.8. The molecule has 0 N–H and O–H groups in total. The molecule has 1 aliphatic rings. The highest BCUT2D eigenvalue weighted by atomic mass is 32.2. The molecule has 2 aromatic carbocycles. The highest BCUT2D eigenvalue weighted by Crippen LogP contribution is 2.38. The van der Waals surface area contributed by atoms with Gasteiger partial charge < -0.3 is 14.2 Å². The smallest absolute Gasteiger partial charge is 0.269 e. The number of nitrogens with zero attached hydrogens (tertiary/aromatic N) is 4. The molecule has 4 heterocycles. The van der Waals surface area contributed by atoms with Crippen molar-refractivity contribution in [2.24, 2.45) is 0 Å². The van der Waals surface area contributed by atoms with Crippen molar-refractivity contribution in [3.05, 3.63) is 90.8 Å². The normalized spacial score (nSPS) is 14.3. The van der Waals surface area contributed by atoms with E-state index in [1.54, 1.807) is 67.0 Å². The molecule has 224 valence electrons. The van der Waals surface area contributed by atoms with Crippen LogP contribution in [0.5, 0.6) is 11.6 Å². The molecule has 10 heteroatoms.